The first-order valence-corrected chi connectivity index (χ1v) is 14.0. The largest absolute Gasteiger partial charge is 0.508 e. The van der Waals surface area contributed by atoms with Gasteiger partial charge in [-0.15, -0.1) is 0 Å². The standard InChI is InChI=1S/C26H38N6O11S/c27-8-2-1-3-16(23(39)31-18(11-21(36)37)25(41)32-19(12-44)26(42)43)29-24(40)17(9-13-4-6-14(33)7-5-13)30-22(38)15(28)10-20(34)35/h4-7,15-19,33,44H,1-3,8-12,27-28H2,(H,29,40)(H,30,38)(H,31,39)(H,32,41)(H,34,35)(H,36,37)(H,42,43). The topological polar surface area (TPSA) is 301 Å². The number of phenolic OH excluding ortho intramolecular Hbond substituents is 1. The van der Waals surface area contributed by atoms with Crippen molar-refractivity contribution >= 4 is 54.2 Å². The van der Waals surface area contributed by atoms with Crippen LogP contribution in [0.5, 0.6) is 5.75 Å². The van der Waals surface area contributed by atoms with Gasteiger partial charge in [0.05, 0.1) is 18.9 Å². The van der Waals surface area contributed by atoms with Gasteiger partial charge < -0.3 is 53.2 Å². The van der Waals surface area contributed by atoms with E-state index in [4.69, 9.17) is 16.6 Å². The van der Waals surface area contributed by atoms with Crippen molar-refractivity contribution in [2.24, 2.45) is 11.5 Å². The van der Waals surface area contributed by atoms with Crippen molar-refractivity contribution in [1.29, 1.82) is 0 Å². The zero-order valence-corrected chi connectivity index (χ0v) is 24.5. The Balaban J connectivity index is 3.26. The molecular formula is C26H38N6O11S. The van der Waals surface area contributed by atoms with E-state index >= 15 is 0 Å². The van der Waals surface area contributed by atoms with E-state index in [1.54, 1.807) is 0 Å². The molecule has 1 aromatic rings. The Bertz CT molecular complexity index is 1180. The average Bonchev–Trinajstić information content (AvgIpc) is 2.94. The minimum absolute atomic E-state index is 0.0248. The molecule has 5 unspecified atom stereocenters. The summed E-state index contributed by atoms with van der Waals surface area (Å²) in [7, 11) is 0. The van der Waals surface area contributed by atoms with Crippen molar-refractivity contribution in [3.63, 3.8) is 0 Å². The number of carboxylic acid groups (broad SMARTS) is 3. The number of carbonyl (C=O) groups excluding carboxylic acids is 4. The quantitative estimate of drug-likeness (QED) is 0.0510. The van der Waals surface area contributed by atoms with Crippen LogP contribution in [0, 0.1) is 0 Å². The molecular weight excluding hydrogens is 604 g/mol. The lowest BCUT2D eigenvalue weighted by Gasteiger charge is -2.26. The lowest BCUT2D eigenvalue weighted by Crippen LogP contribution is -2.59. The third-order valence-corrected chi connectivity index (χ3v) is 6.49. The fourth-order valence-corrected chi connectivity index (χ4v) is 4.03. The van der Waals surface area contributed by atoms with E-state index in [1.807, 2.05) is 0 Å². The van der Waals surface area contributed by atoms with Gasteiger partial charge in [-0.2, -0.15) is 12.6 Å². The molecule has 0 aromatic heterocycles. The van der Waals surface area contributed by atoms with Crippen LogP contribution in [0.3, 0.4) is 0 Å². The second kappa shape index (κ2) is 19.0. The summed E-state index contributed by atoms with van der Waals surface area (Å²) in [6, 6.07) is -1.86. The fraction of sp³-hybridized carbons (Fsp3) is 0.500. The van der Waals surface area contributed by atoms with Crippen LogP contribution in [0.25, 0.3) is 0 Å². The number of carboxylic acids is 3. The Kier molecular flexibility index (Phi) is 16.2. The summed E-state index contributed by atoms with van der Waals surface area (Å²) in [5, 5.41) is 46.1. The van der Waals surface area contributed by atoms with E-state index in [-0.39, 0.29) is 30.9 Å². The van der Waals surface area contributed by atoms with Gasteiger partial charge in [0.25, 0.3) is 0 Å². The first-order chi connectivity index (χ1) is 20.7. The molecule has 18 heteroatoms. The lowest BCUT2D eigenvalue weighted by molar-refractivity contribution is -0.143. The summed E-state index contributed by atoms with van der Waals surface area (Å²) in [5.74, 6) is -8.63. The van der Waals surface area contributed by atoms with E-state index in [0.717, 1.165) is 0 Å². The Hall–Kier alpha value is -4.42. The molecule has 0 aliphatic heterocycles. The van der Waals surface area contributed by atoms with E-state index in [9.17, 15) is 48.9 Å². The van der Waals surface area contributed by atoms with Crippen molar-refractivity contribution in [3.8, 4) is 5.75 Å². The predicted octanol–water partition coefficient (Wildman–Crippen LogP) is -2.71. The lowest BCUT2D eigenvalue weighted by atomic mass is 10.0. The van der Waals surface area contributed by atoms with Crippen LogP contribution >= 0.6 is 12.6 Å². The van der Waals surface area contributed by atoms with Crippen molar-refractivity contribution in [2.45, 2.75) is 68.7 Å². The molecule has 4 amide bonds. The van der Waals surface area contributed by atoms with E-state index in [0.29, 0.717) is 18.4 Å². The highest BCUT2D eigenvalue weighted by molar-refractivity contribution is 7.80. The van der Waals surface area contributed by atoms with Gasteiger partial charge in [-0.25, -0.2) is 4.79 Å². The van der Waals surface area contributed by atoms with Gasteiger partial charge in [-0.3, -0.25) is 28.8 Å². The summed E-state index contributed by atoms with van der Waals surface area (Å²) in [6.45, 7) is 0.244. The van der Waals surface area contributed by atoms with Gasteiger partial charge in [-0.05, 0) is 43.5 Å². The normalized spacial score (nSPS) is 14.2. The van der Waals surface area contributed by atoms with Crippen LogP contribution in [0.1, 0.15) is 37.7 Å². The number of rotatable bonds is 20. The molecule has 1 aromatic carbocycles. The van der Waals surface area contributed by atoms with E-state index in [1.165, 1.54) is 24.3 Å². The molecule has 0 saturated heterocycles. The van der Waals surface area contributed by atoms with Crippen molar-refractivity contribution in [1.82, 2.24) is 21.3 Å². The fourth-order valence-electron chi connectivity index (χ4n) is 3.78. The molecule has 44 heavy (non-hydrogen) atoms. The number of carbonyl (C=O) groups is 7. The number of unbranched alkanes of at least 4 members (excludes halogenated alkanes) is 1. The highest BCUT2D eigenvalue weighted by Gasteiger charge is 2.32. The van der Waals surface area contributed by atoms with Gasteiger partial charge in [0.2, 0.25) is 23.6 Å². The highest BCUT2D eigenvalue weighted by atomic mass is 32.1. The number of thiol groups is 1. The number of nitrogens with two attached hydrogens (primary N) is 2. The van der Waals surface area contributed by atoms with E-state index in [2.05, 4.69) is 33.9 Å². The van der Waals surface area contributed by atoms with Gasteiger partial charge in [-0.1, -0.05) is 12.1 Å². The Labute approximate surface area is 257 Å². The van der Waals surface area contributed by atoms with Crippen molar-refractivity contribution in [2.75, 3.05) is 12.3 Å². The zero-order valence-electron chi connectivity index (χ0n) is 23.6. The molecule has 0 saturated carbocycles. The molecule has 5 atom stereocenters. The minimum Gasteiger partial charge on any atom is -0.508 e. The maximum Gasteiger partial charge on any atom is 0.327 e. The molecule has 0 heterocycles. The Morgan fingerprint density at radius 2 is 1.20 bits per heavy atom. The van der Waals surface area contributed by atoms with Gasteiger partial charge in [0.15, 0.2) is 0 Å². The Morgan fingerprint density at radius 3 is 1.73 bits per heavy atom. The maximum atomic E-state index is 13.4. The molecule has 0 radical (unpaired) electrons. The summed E-state index contributed by atoms with van der Waals surface area (Å²) in [4.78, 5) is 85.6. The first-order valence-electron chi connectivity index (χ1n) is 13.4. The molecule has 0 aliphatic rings. The third-order valence-electron chi connectivity index (χ3n) is 6.13. The van der Waals surface area contributed by atoms with Crippen LogP contribution < -0.4 is 32.7 Å². The number of hydrogen-bond donors (Lipinski definition) is 11. The number of aromatic hydroxyl groups is 1. The number of benzene rings is 1. The van der Waals surface area contributed by atoms with Crippen LogP contribution in [0.2, 0.25) is 0 Å². The highest BCUT2D eigenvalue weighted by Crippen LogP contribution is 2.12. The maximum absolute atomic E-state index is 13.4. The second-order valence-electron chi connectivity index (χ2n) is 9.72. The Morgan fingerprint density at radius 1 is 0.705 bits per heavy atom. The molecule has 0 bridgehead atoms. The van der Waals surface area contributed by atoms with Crippen molar-refractivity contribution < 1.29 is 54.0 Å². The average molecular weight is 643 g/mol. The molecule has 17 nitrogen and oxygen atoms in total. The number of amides is 4. The van der Waals surface area contributed by atoms with Crippen molar-refractivity contribution in [3.05, 3.63) is 29.8 Å². The zero-order chi connectivity index (χ0) is 33.4. The van der Waals surface area contributed by atoms with Crippen LogP contribution in [-0.4, -0.2) is 104 Å². The number of hydrogen-bond acceptors (Lipinski definition) is 11. The number of aliphatic carboxylic acids is 3. The SMILES string of the molecule is NCCCCC(NC(=O)C(Cc1ccc(O)cc1)NC(=O)C(N)CC(=O)O)C(=O)NC(CC(=O)O)C(=O)NC(CS)C(=O)O. The first kappa shape index (κ1) is 37.6. The van der Waals surface area contributed by atoms with Crippen LogP contribution in [0.4, 0.5) is 0 Å². The molecule has 244 valence electrons. The summed E-state index contributed by atoms with van der Waals surface area (Å²) in [5.41, 5.74) is 11.6. The third kappa shape index (κ3) is 13.7. The predicted molar refractivity (Wildman–Crippen MR) is 156 cm³/mol. The van der Waals surface area contributed by atoms with Crippen LogP contribution in [0.15, 0.2) is 24.3 Å². The van der Waals surface area contributed by atoms with Gasteiger partial charge >= 0.3 is 17.9 Å². The molecule has 12 N–H and O–H groups in total. The summed E-state index contributed by atoms with van der Waals surface area (Å²) < 4.78 is 0. The second-order valence-corrected chi connectivity index (χ2v) is 10.1. The number of nitrogens with one attached hydrogen (secondary N) is 4. The molecule has 0 spiro atoms. The smallest absolute Gasteiger partial charge is 0.327 e. The van der Waals surface area contributed by atoms with E-state index < -0.39 is 84.6 Å². The molecule has 1 rings (SSSR count). The monoisotopic (exact) mass is 642 g/mol. The summed E-state index contributed by atoms with van der Waals surface area (Å²) >= 11 is 3.83. The minimum atomic E-state index is -1.72. The van der Waals surface area contributed by atoms with Gasteiger partial charge in [0.1, 0.15) is 29.9 Å². The molecule has 0 fully saturated rings. The number of phenols is 1. The van der Waals surface area contributed by atoms with Crippen LogP contribution in [-0.2, 0) is 40.0 Å². The molecule has 0 aliphatic carbocycles. The van der Waals surface area contributed by atoms with Gasteiger partial charge in [0, 0.05) is 12.2 Å². The summed E-state index contributed by atoms with van der Waals surface area (Å²) in [6.07, 6.45) is -1.10.